The first kappa shape index (κ1) is 22.7. The van der Waals surface area contributed by atoms with Gasteiger partial charge >= 0.3 is 0 Å². The lowest BCUT2D eigenvalue weighted by Crippen LogP contribution is -2.26. The fourth-order valence-electron chi connectivity index (χ4n) is 3.31. The van der Waals surface area contributed by atoms with Crippen molar-refractivity contribution in [2.45, 2.75) is 24.7 Å². The number of methoxy groups -OCH3 is 1. The van der Waals surface area contributed by atoms with Crippen LogP contribution >= 0.6 is 0 Å². The van der Waals surface area contributed by atoms with Crippen molar-refractivity contribution in [1.29, 1.82) is 0 Å². The van der Waals surface area contributed by atoms with Gasteiger partial charge < -0.3 is 10.1 Å². The number of hydrogen-bond donors (Lipinski definition) is 2. The Morgan fingerprint density at radius 1 is 0.909 bits per heavy atom. The molecule has 10 heteroatoms. The van der Waals surface area contributed by atoms with E-state index in [0.29, 0.717) is 30.3 Å². The number of benzene rings is 2. The van der Waals surface area contributed by atoms with Crippen molar-refractivity contribution < 1.29 is 13.2 Å². The van der Waals surface area contributed by atoms with Gasteiger partial charge in [0.05, 0.1) is 12.0 Å². The number of sulfonamides is 1. The summed E-state index contributed by atoms with van der Waals surface area (Å²) in [5.41, 5.74) is 2.80. The van der Waals surface area contributed by atoms with Crippen LogP contribution in [0.5, 0.6) is 5.75 Å². The first-order valence-electron chi connectivity index (χ1n) is 10.6. The van der Waals surface area contributed by atoms with Gasteiger partial charge in [-0.05, 0) is 55.3 Å². The van der Waals surface area contributed by atoms with Crippen LogP contribution in [0.3, 0.4) is 0 Å². The minimum Gasteiger partial charge on any atom is -0.497 e. The van der Waals surface area contributed by atoms with Gasteiger partial charge in [0.25, 0.3) is 0 Å². The number of aromatic nitrogens is 4. The maximum Gasteiger partial charge on any atom is 0.240 e. The molecular weight excluding hydrogens is 440 g/mol. The van der Waals surface area contributed by atoms with E-state index in [9.17, 15) is 8.42 Å². The second-order valence-electron chi connectivity index (χ2n) is 7.59. The molecule has 0 spiro atoms. The van der Waals surface area contributed by atoms with E-state index in [-0.39, 0.29) is 11.4 Å². The van der Waals surface area contributed by atoms with Crippen molar-refractivity contribution in [3.8, 4) is 5.75 Å². The normalized spacial score (nSPS) is 11.6. The first-order chi connectivity index (χ1) is 15.9. The molecule has 2 aromatic carbocycles. The van der Waals surface area contributed by atoms with E-state index in [1.165, 1.54) is 5.56 Å². The third-order valence-corrected chi connectivity index (χ3v) is 6.66. The Morgan fingerprint density at radius 2 is 1.67 bits per heavy atom. The van der Waals surface area contributed by atoms with Gasteiger partial charge in [-0.15, -0.1) is 15.3 Å². The van der Waals surface area contributed by atoms with E-state index in [1.807, 2.05) is 43.3 Å². The number of fused-ring (bicyclic) bond motifs is 1. The van der Waals surface area contributed by atoms with Crippen molar-refractivity contribution in [2.75, 3.05) is 25.5 Å². The molecule has 0 saturated carbocycles. The van der Waals surface area contributed by atoms with E-state index in [2.05, 4.69) is 25.3 Å². The van der Waals surface area contributed by atoms with E-state index in [4.69, 9.17) is 4.74 Å². The topological polar surface area (TPSA) is 111 Å². The number of ether oxygens (including phenoxy) is 1. The quantitative estimate of drug-likeness (QED) is 0.370. The summed E-state index contributed by atoms with van der Waals surface area (Å²) in [4.78, 5) is 0.237. The molecule has 0 radical (unpaired) electrons. The van der Waals surface area contributed by atoms with Crippen molar-refractivity contribution in [3.05, 3.63) is 77.6 Å². The van der Waals surface area contributed by atoms with Gasteiger partial charge in [0, 0.05) is 19.5 Å². The van der Waals surface area contributed by atoms with Crippen LogP contribution in [-0.2, 0) is 22.9 Å². The van der Waals surface area contributed by atoms with Crippen LogP contribution in [0.4, 0.5) is 5.82 Å². The second-order valence-corrected chi connectivity index (χ2v) is 9.36. The third kappa shape index (κ3) is 5.65. The molecular formula is C23H26N6O3S. The molecule has 2 aromatic heterocycles. The van der Waals surface area contributed by atoms with Crippen LogP contribution in [0.25, 0.3) is 5.65 Å². The summed E-state index contributed by atoms with van der Waals surface area (Å²) in [7, 11) is -1.93. The number of rotatable bonds is 10. The fraction of sp³-hybridized carbons (Fsp3) is 0.261. The SMILES string of the molecule is COc1ccc(CCNc2ccc3nnc(CCNS(=O)(=O)c4ccc(C)cc4)n3n2)cc1. The highest BCUT2D eigenvalue weighted by atomic mass is 32.2. The zero-order chi connectivity index (χ0) is 23.3. The van der Waals surface area contributed by atoms with Gasteiger partial charge in [0.1, 0.15) is 11.6 Å². The van der Waals surface area contributed by atoms with Gasteiger partial charge in [-0.2, -0.15) is 4.52 Å². The zero-order valence-electron chi connectivity index (χ0n) is 18.5. The van der Waals surface area contributed by atoms with Crippen LogP contribution < -0.4 is 14.8 Å². The third-order valence-electron chi connectivity index (χ3n) is 5.18. The molecule has 0 saturated heterocycles. The maximum atomic E-state index is 12.5. The van der Waals surface area contributed by atoms with E-state index < -0.39 is 10.0 Å². The molecule has 4 rings (SSSR count). The molecule has 0 bridgehead atoms. The molecule has 9 nitrogen and oxygen atoms in total. The molecule has 172 valence electrons. The maximum absolute atomic E-state index is 12.5. The number of hydrogen-bond acceptors (Lipinski definition) is 7. The molecule has 0 amide bonds. The lowest BCUT2D eigenvalue weighted by Gasteiger charge is -2.08. The predicted molar refractivity (Wildman–Crippen MR) is 126 cm³/mol. The van der Waals surface area contributed by atoms with Crippen LogP contribution in [0.15, 0.2) is 65.6 Å². The Morgan fingerprint density at radius 3 is 2.39 bits per heavy atom. The van der Waals surface area contributed by atoms with Gasteiger partial charge in [0.2, 0.25) is 10.0 Å². The summed E-state index contributed by atoms with van der Waals surface area (Å²) in [5.74, 6) is 2.10. The van der Waals surface area contributed by atoms with Gasteiger partial charge in [-0.1, -0.05) is 29.8 Å². The summed E-state index contributed by atoms with van der Waals surface area (Å²) in [5, 5.41) is 16.1. The molecule has 0 aliphatic carbocycles. The van der Waals surface area contributed by atoms with E-state index >= 15 is 0 Å². The van der Waals surface area contributed by atoms with Crippen LogP contribution in [0, 0.1) is 6.92 Å². The zero-order valence-corrected chi connectivity index (χ0v) is 19.3. The monoisotopic (exact) mass is 466 g/mol. The Hall–Kier alpha value is -3.50. The highest BCUT2D eigenvalue weighted by Gasteiger charge is 2.14. The summed E-state index contributed by atoms with van der Waals surface area (Å²) in [6.45, 7) is 2.81. The largest absolute Gasteiger partial charge is 0.497 e. The van der Waals surface area contributed by atoms with Gasteiger partial charge in [-0.25, -0.2) is 13.1 Å². The van der Waals surface area contributed by atoms with Crippen molar-refractivity contribution >= 4 is 21.5 Å². The summed E-state index contributed by atoms with van der Waals surface area (Å²) < 4.78 is 34.4. The van der Waals surface area contributed by atoms with Crippen molar-refractivity contribution in [1.82, 2.24) is 24.5 Å². The Labute approximate surface area is 192 Å². The smallest absolute Gasteiger partial charge is 0.240 e. The predicted octanol–water partition coefficient (Wildman–Crippen LogP) is 2.62. The van der Waals surface area contributed by atoms with Crippen LogP contribution in [0.1, 0.15) is 17.0 Å². The number of anilines is 1. The molecule has 0 unspecified atom stereocenters. The molecule has 33 heavy (non-hydrogen) atoms. The van der Waals surface area contributed by atoms with E-state index in [1.54, 1.807) is 35.9 Å². The molecule has 2 N–H and O–H groups in total. The summed E-state index contributed by atoms with van der Waals surface area (Å²) >= 11 is 0. The van der Waals surface area contributed by atoms with Crippen LogP contribution in [-0.4, -0.2) is 48.4 Å². The molecule has 4 aromatic rings. The lowest BCUT2D eigenvalue weighted by molar-refractivity contribution is 0.414. The van der Waals surface area contributed by atoms with E-state index in [0.717, 1.165) is 17.7 Å². The minimum atomic E-state index is -3.58. The number of nitrogens with zero attached hydrogens (tertiary/aromatic N) is 4. The Balaban J connectivity index is 1.35. The second kappa shape index (κ2) is 9.97. The highest BCUT2D eigenvalue weighted by Crippen LogP contribution is 2.13. The fourth-order valence-corrected chi connectivity index (χ4v) is 4.34. The Kier molecular flexibility index (Phi) is 6.85. The number of aryl methyl sites for hydroxylation is 1. The average molecular weight is 467 g/mol. The molecule has 0 atom stereocenters. The van der Waals surface area contributed by atoms with Crippen molar-refractivity contribution in [2.24, 2.45) is 0 Å². The summed E-state index contributed by atoms with van der Waals surface area (Å²) in [6, 6.07) is 18.4. The lowest BCUT2D eigenvalue weighted by atomic mass is 10.1. The van der Waals surface area contributed by atoms with Gasteiger partial charge in [0.15, 0.2) is 11.5 Å². The molecule has 0 aliphatic heterocycles. The summed E-state index contributed by atoms with van der Waals surface area (Å²) in [6.07, 6.45) is 1.19. The highest BCUT2D eigenvalue weighted by molar-refractivity contribution is 7.89. The molecule has 0 fully saturated rings. The minimum absolute atomic E-state index is 0.188. The Bertz CT molecular complexity index is 1320. The van der Waals surface area contributed by atoms with Gasteiger partial charge in [-0.3, -0.25) is 0 Å². The first-order valence-corrected chi connectivity index (χ1v) is 12.1. The van der Waals surface area contributed by atoms with Crippen molar-refractivity contribution in [3.63, 3.8) is 0 Å². The number of nitrogens with one attached hydrogen (secondary N) is 2. The average Bonchev–Trinajstić information content (AvgIpc) is 3.22. The molecule has 2 heterocycles. The standard InChI is InChI=1S/C23H26N6O3S/c1-17-3-9-20(10-4-17)33(30,31)25-16-14-23-27-26-22-12-11-21(28-29(22)23)24-15-13-18-5-7-19(32-2)8-6-18/h3-12,25H,13-16H2,1-2H3,(H,24,28). The van der Waals surface area contributed by atoms with Crippen LogP contribution in [0.2, 0.25) is 0 Å². The molecule has 0 aliphatic rings.